The minimum Gasteiger partial charge on any atom is -0.349 e. The van der Waals surface area contributed by atoms with E-state index in [1.807, 2.05) is 6.07 Å². The summed E-state index contributed by atoms with van der Waals surface area (Å²) >= 11 is 0. The Hall–Kier alpha value is -3.19. The second-order valence-electron chi connectivity index (χ2n) is 11.5. The van der Waals surface area contributed by atoms with E-state index in [1.54, 1.807) is 11.8 Å². The number of para-hydroxylation sites is 2. The number of imidazole rings is 1. The van der Waals surface area contributed by atoms with Crippen LogP contribution >= 0.6 is 0 Å². The van der Waals surface area contributed by atoms with E-state index in [-0.39, 0.29) is 23.8 Å². The SMILES string of the molecule is CC(=O)N1CCC(C(=O)N[C@@H](CCN2C3CCC2CC(n2c(C)nc4ccccc42)C3)c2ccccc2)C1. The van der Waals surface area contributed by atoms with Crippen molar-refractivity contribution >= 4 is 22.8 Å². The summed E-state index contributed by atoms with van der Waals surface area (Å²) in [6.45, 7) is 5.91. The fraction of sp³-hybridized carbons (Fsp3) is 0.516. The van der Waals surface area contributed by atoms with Crippen LogP contribution < -0.4 is 5.32 Å². The molecule has 7 nitrogen and oxygen atoms in total. The number of aromatic nitrogens is 2. The van der Waals surface area contributed by atoms with Gasteiger partial charge in [-0.1, -0.05) is 42.5 Å². The Morgan fingerprint density at radius 3 is 2.39 bits per heavy atom. The lowest BCUT2D eigenvalue weighted by atomic mass is 9.95. The first-order chi connectivity index (χ1) is 18.5. The van der Waals surface area contributed by atoms with Gasteiger partial charge in [0.05, 0.1) is 23.0 Å². The normalized spacial score (nSPS) is 26.1. The van der Waals surface area contributed by atoms with Gasteiger partial charge in [0.25, 0.3) is 0 Å². The van der Waals surface area contributed by atoms with E-state index in [2.05, 4.69) is 70.2 Å². The molecule has 0 spiro atoms. The van der Waals surface area contributed by atoms with Crippen LogP contribution in [-0.2, 0) is 9.59 Å². The monoisotopic (exact) mass is 513 g/mol. The summed E-state index contributed by atoms with van der Waals surface area (Å²) in [4.78, 5) is 34.3. The second-order valence-corrected chi connectivity index (χ2v) is 11.5. The molecule has 1 N–H and O–H groups in total. The number of hydrogen-bond donors (Lipinski definition) is 1. The highest BCUT2D eigenvalue weighted by Crippen LogP contribution is 2.42. The summed E-state index contributed by atoms with van der Waals surface area (Å²) in [5.41, 5.74) is 3.50. The maximum atomic E-state index is 13.2. The van der Waals surface area contributed by atoms with Crippen molar-refractivity contribution < 1.29 is 9.59 Å². The molecule has 0 radical (unpaired) electrons. The molecule has 200 valence electrons. The van der Waals surface area contributed by atoms with Gasteiger partial charge in [0.1, 0.15) is 5.82 Å². The number of carbonyl (C=O) groups excluding carboxylic acids is 2. The molecule has 3 fully saturated rings. The van der Waals surface area contributed by atoms with Crippen molar-refractivity contribution in [3.8, 4) is 0 Å². The topological polar surface area (TPSA) is 70.5 Å². The molecule has 38 heavy (non-hydrogen) atoms. The van der Waals surface area contributed by atoms with E-state index < -0.39 is 0 Å². The van der Waals surface area contributed by atoms with Crippen molar-refractivity contribution in [3.63, 3.8) is 0 Å². The first kappa shape index (κ1) is 25.1. The van der Waals surface area contributed by atoms with E-state index in [0.29, 0.717) is 31.2 Å². The molecule has 4 heterocycles. The largest absolute Gasteiger partial charge is 0.349 e. The molecule has 3 saturated heterocycles. The lowest BCUT2D eigenvalue weighted by molar-refractivity contribution is -0.128. The Kier molecular flexibility index (Phi) is 6.95. The Morgan fingerprint density at radius 2 is 1.68 bits per heavy atom. The van der Waals surface area contributed by atoms with Gasteiger partial charge in [-0.3, -0.25) is 14.5 Å². The van der Waals surface area contributed by atoms with Gasteiger partial charge in [-0.15, -0.1) is 0 Å². The van der Waals surface area contributed by atoms with Crippen molar-refractivity contribution in [2.45, 2.75) is 76.5 Å². The number of likely N-dealkylation sites (tertiary alicyclic amines) is 1. The molecule has 1 aromatic heterocycles. The predicted octanol–water partition coefficient (Wildman–Crippen LogP) is 4.63. The summed E-state index contributed by atoms with van der Waals surface area (Å²) in [6.07, 6.45) is 6.44. The summed E-state index contributed by atoms with van der Waals surface area (Å²) in [7, 11) is 0. The number of fused-ring (bicyclic) bond motifs is 3. The highest BCUT2D eigenvalue weighted by atomic mass is 16.2. The number of benzene rings is 2. The van der Waals surface area contributed by atoms with Gasteiger partial charge in [0, 0.05) is 44.7 Å². The Labute approximate surface area is 225 Å². The van der Waals surface area contributed by atoms with Crippen LogP contribution in [0.4, 0.5) is 0 Å². The summed E-state index contributed by atoms with van der Waals surface area (Å²) < 4.78 is 2.48. The predicted molar refractivity (Wildman–Crippen MR) is 149 cm³/mol. The van der Waals surface area contributed by atoms with E-state index in [0.717, 1.165) is 49.1 Å². The highest BCUT2D eigenvalue weighted by molar-refractivity contribution is 5.81. The molecule has 3 aromatic rings. The van der Waals surface area contributed by atoms with Crippen LogP contribution in [0.25, 0.3) is 11.0 Å². The van der Waals surface area contributed by atoms with Gasteiger partial charge < -0.3 is 14.8 Å². The fourth-order valence-electron chi connectivity index (χ4n) is 7.28. The van der Waals surface area contributed by atoms with E-state index in [4.69, 9.17) is 4.98 Å². The van der Waals surface area contributed by atoms with Crippen molar-refractivity contribution in [3.05, 3.63) is 66.0 Å². The minimum absolute atomic E-state index is 0.0213. The molecule has 3 aliphatic rings. The number of rotatable bonds is 7. The van der Waals surface area contributed by atoms with E-state index >= 15 is 0 Å². The van der Waals surface area contributed by atoms with Gasteiger partial charge in [-0.05, 0) is 63.1 Å². The number of nitrogens with zero attached hydrogens (tertiary/aromatic N) is 4. The minimum atomic E-state index is -0.120. The summed E-state index contributed by atoms with van der Waals surface area (Å²) in [6, 6.07) is 20.5. The first-order valence-corrected chi connectivity index (χ1v) is 14.3. The molecule has 0 saturated carbocycles. The number of aryl methyl sites for hydroxylation is 1. The maximum Gasteiger partial charge on any atom is 0.225 e. The molecular weight excluding hydrogens is 474 g/mol. The first-order valence-electron chi connectivity index (χ1n) is 14.3. The Bertz CT molecular complexity index is 1290. The van der Waals surface area contributed by atoms with Crippen LogP contribution in [0.15, 0.2) is 54.6 Å². The Balaban J connectivity index is 1.13. The Morgan fingerprint density at radius 1 is 0.974 bits per heavy atom. The third-order valence-electron chi connectivity index (χ3n) is 9.20. The highest BCUT2D eigenvalue weighted by Gasteiger charge is 2.42. The van der Waals surface area contributed by atoms with Gasteiger partial charge in [-0.25, -0.2) is 4.98 Å². The quantitative estimate of drug-likeness (QED) is 0.500. The number of piperidine rings is 1. The lowest BCUT2D eigenvalue weighted by Gasteiger charge is -2.40. The second kappa shape index (κ2) is 10.5. The van der Waals surface area contributed by atoms with Crippen LogP contribution in [0.5, 0.6) is 0 Å². The summed E-state index contributed by atoms with van der Waals surface area (Å²) in [5.74, 6) is 1.13. The molecule has 7 heteroatoms. The zero-order valence-electron chi connectivity index (χ0n) is 22.6. The summed E-state index contributed by atoms with van der Waals surface area (Å²) in [5, 5.41) is 3.37. The lowest BCUT2D eigenvalue weighted by Crippen LogP contribution is -2.45. The fourth-order valence-corrected chi connectivity index (χ4v) is 7.28. The molecule has 4 atom stereocenters. The molecule has 0 aliphatic carbocycles. The zero-order chi connectivity index (χ0) is 26.2. The number of carbonyl (C=O) groups is 2. The zero-order valence-corrected chi connectivity index (χ0v) is 22.6. The number of hydrogen-bond acceptors (Lipinski definition) is 4. The molecular formula is C31H39N5O2. The molecule has 3 aliphatic heterocycles. The smallest absolute Gasteiger partial charge is 0.225 e. The van der Waals surface area contributed by atoms with Gasteiger partial charge in [0.15, 0.2) is 0 Å². The van der Waals surface area contributed by atoms with E-state index in [1.165, 1.54) is 18.4 Å². The third kappa shape index (κ3) is 4.84. The average Bonchev–Trinajstić information content (AvgIpc) is 3.60. The van der Waals surface area contributed by atoms with Crippen LogP contribution in [-0.4, -0.2) is 62.9 Å². The molecule has 6 rings (SSSR count). The van der Waals surface area contributed by atoms with Gasteiger partial charge in [0.2, 0.25) is 11.8 Å². The van der Waals surface area contributed by atoms with Crippen molar-refractivity contribution in [2.75, 3.05) is 19.6 Å². The van der Waals surface area contributed by atoms with Crippen LogP contribution in [0.3, 0.4) is 0 Å². The molecule has 2 bridgehead atoms. The van der Waals surface area contributed by atoms with Crippen LogP contribution in [0, 0.1) is 12.8 Å². The van der Waals surface area contributed by atoms with Crippen LogP contribution in [0.2, 0.25) is 0 Å². The average molecular weight is 514 g/mol. The van der Waals surface area contributed by atoms with Gasteiger partial charge >= 0.3 is 0 Å². The van der Waals surface area contributed by atoms with E-state index in [9.17, 15) is 9.59 Å². The maximum absolute atomic E-state index is 13.2. The standard InChI is InChI=1S/C31H39N5O2/c1-21-32-29-10-6-7-11-30(29)36(21)27-18-25-12-13-26(19-27)35(25)17-15-28(23-8-4-3-5-9-23)33-31(38)24-14-16-34(20-24)22(2)37/h3-11,24-28H,12-20H2,1-2H3,(H,33,38)/t24?,25?,26?,27?,28-/m0/s1. The molecule has 2 aromatic carbocycles. The number of amides is 2. The molecule has 2 amide bonds. The third-order valence-corrected chi connectivity index (χ3v) is 9.20. The number of nitrogens with one attached hydrogen (secondary N) is 1. The van der Waals surface area contributed by atoms with Crippen LogP contribution in [0.1, 0.15) is 68.9 Å². The van der Waals surface area contributed by atoms with Crippen molar-refractivity contribution in [1.82, 2.24) is 24.7 Å². The van der Waals surface area contributed by atoms with Gasteiger partial charge in [-0.2, -0.15) is 0 Å². The van der Waals surface area contributed by atoms with Crippen molar-refractivity contribution in [2.24, 2.45) is 5.92 Å². The van der Waals surface area contributed by atoms with Crippen molar-refractivity contribution in [1.29, 1.82) is 0 Å². The molecule has 3 unspecified atom stereocenters.